The Balaban J connectivity index is 2.09. The van der Waals surface area contributed by atoms with Gasteiger partial charge in [-0.25, -0.2) is 0 Å². The van der Waals surface area contributed by atoms with Crippen molar-refractivity contribution in [3.8, 4) is 11.8 Å². The molecular weight excluding hydrogens is 394 g/mol. The number of ether oxygens (including phenoxy) is 5. The Morgan fingerprint density at radius 2 is 1.55 bits per heavy atom. The van der Waals surface area contributed by atoms with Crippen LogP contribution >= 0.6 is 0 Å². The zero-order valence-corrected chi connectivity index (χ0v) is 19.3. The Kier molecular flexibility index (Phi) is 13.7. The van der Waals surface area contributed by atoms with E-state index in [0.717, 1.165) is 36.7 Å². The van der Waals surface area contributed by atoms with Gasteiger partial charge in [-0.15, -0.1) is 0 Å². The highest BCUT2D eigenvalue weighted by atomic mass is 16.6. The Morgan fingerprint density at radius 1 is 0.839 bits per heavy atom. The first-order valence-electron chi connectivity index (χ1n) is 11.7. The summed E-state index contributed by atoms with van der Waals surface area (Å²) >= 11 is 0. The topological polar surface area (TPSA) is 49.4 Å². The van der Waals surface area contributed by atoms with Gasteiger partial charge < -0.3 is 23.7 Å². The van der Waals surface area contributed by atoms with Crippen LogP contribution in [0.2, 0.25) is 0 Å². The third-order valence-electron chi connectivity index (χ3n) is 4.90. The largest absolute Gasteiger partial charge is 0.497 e. The molecule has 0 amide bonds. The lowest BCUT2D eigenvalue weighted by atomic mass is 10.2. The highest BCUT2D eigenvalue weighted by Crippen LogP contribution is 2.19. The number of unbranched alkanes of at least 4 members (excludes halogenated alkanes) is 2. The summed E-state index contributed by atoms with van der Waals surface area (Å²) in [6.45, 7) is 11.2. The number of hydrogen-bond donors (Lipinski definition) is 0. The van der Waals surface area contributed by atoms with Gasteiger partial charge >= 0.3 is 0 Å². The maximum atomic E-state index is 5.81. The molecule has 0 fully saturated rings. The molecule has 0 aromatic heterocycles. The standard InChI is InChI=1S/C25H39NO5/c1-3-5-12-26(13-6-4-2)14-7-8-23-9-10-24-25(31-21-20-30-24)11-15-27-16-17-28-18-19-29-22-23/h9-10,22H,3-6,11-21H2,1-2H3/b10-9-,23-22-. The zero-order valence-electron chi connectivity index (χ0n) is 19.3. The third-order valence-corrected chi connectivity index (χ3v) is 4.90. The van der Waals surface area contributed by atoms with E-state index in [1.807, 2.05) is 12.2 Å². The van der Waals surface area contributed by atoms with Crippen LogP contribution in [0, 0.1) is 11.8 Å². The molecule has 0 aromatic carbocycles. The Morgan fingerprint density at radius 3 is 2.32 bits per heavy atom. The molecule has 0 atom stereocenters. The highest BCUT2D eigenvalue weighted by molar-refractivity contribution is 5.39. The van der Waals surface area contributed by atoms with Crippen LogP contribution in [0.4, 0.5) is 0 Å². The van der Waals surface area contributed by atoms with E-state index < -0.39 is 0 Å². The van der Waals surface area contributed by atoms with Gasteiger partial charge in [0.15, 0.2) is 5.76 Å². The van der Waals surface area contributed by atoms with E-state index >= 15 is 0 Å². The summed E-state index contributed by atoms with van der Waals surface area (Å²) in [6.07, 6.45) is 11.0. The van der Waals surface area contributed by atoms with Crippen molar-refractivity contribution in [2.24, 2.45) is 0 Å². The lowest BCUT2D eigenvalue weighted by molar-refractivity contribution is 0.0215. The molecule has 2 rings (SSSR count). The molecule has 0 saturated carbocycles. The quantitative estimate of drug-likeness (QED) is 0.565. The lowest BCUT2D eigenvalue weighted by Crippen LogP contribution is -2.26. The minimum atomic E-state index is 0.478. The van der Waals surface area contributed by atoms with E-state index in [9.17, 15) is 0 Å². The summed E-state index contributed by atoms with van der Waals surface area (Å²) < 4.78 is 28.4. The smallest absolute Gasteiger partial charge is 0.157 e. The van der Waals surface area contributed by atoms with Crippen LogP contribution in [0.3, 0.4) is 0 Å². The molecule has 0 radical (unpaired) electrons. The van der Waals surface area contributed by atoms with Crippen molar-refractivity contribution >= 4 is 0 Å². The van der Waals surface area contributed by atoms with E-state index in [1.165, 1.54) is 25.7 Å². The summed E-state index contributed by atoms with van der Waals surface area (Å²) in [6, 6.07) is 0. The predicted molar refractivity (Wildman–Crippen MR) is 122 cm³/mol. The van der Waals surface area contributed by atoms with E-state index in [4.69, 9.17) is 23.7 Å². The van der Waals surface area contributed by atoms with Gasteiger partial charge in [-0.1, -0.05) is 38.5 Å². The molecule has 2 heterocycles. The van der Waals surface area contributed by atoms with Crippen molar-refractivity contribution in [2.45, 2.75) is 46.0 Å². The Bertz CT molecular complexity index is 636. The molecule has 0 aromatic rings. The minimum absolute atomic E-state index is 0.478. The number of nitrogens with zero attached hydrogens (tertiary/aromatic N) is 1. The predicted octanol–water partition coefficient (Wildman–Crippen LogP) is 4.04. The fourth-order valence-electron chi connectivity index (χ4n) is 3.11. The second-order valence-corrected chi connectivity index (χ2v) is 7.52. The van der Waals surface area contributed by atoms with Gasteiger partial charge in [0.1, 0.15) is 25.6 Å². The fraction of sp³-hybridized carbons (Fsp3) is 0.680. The Hall–Kier alpha value is -1.94. The monoisotopic (exact) mass is 433 g/mol. The van der Waals surface area contributed by atoms with Crippen LogP contribution in [-0.2, 0) is 23.7 Å². The number of allylic oxidation sites excluding steroid dienone is 3. The minimum Gasteiger partial charge on any atom is -0.497 e. The second kappa shape index (κ2) is 16.7. The first-order valence-corrected chi connectivity index (χ1v) is 11.7. The molecule has 0 bridgehead atoms. The number of rotatable bonds is 7. The molecule has 2 aliphatic rings. The molecule has 31 heavy (non-hydrogen) atoms. The van der Waals surface area contributed by atoms with E-state index in [1.54, 1.807) is 6.26 Å². The SMILES string of the molecule is CCCCN(CC#CC1=C/OCCOCCOCCC2=C(/C=C\1)OCCO2)CCCC. The average molecular weight is 434 g/mol. The van der Waals surface area contributed by atoms with Crippen LogP contribution in [-0.4, -0.2) is 70.8 Å². The van der Waals surface area contributed by atoms with Crippen LogP contribution in [0.5, 0.6) is 0 Å². The Labute approximate surface area is 188 Å². The van der Waals surface area contributed by atoms with Crippen molar-refractivity contribution in [3.05, 3.63) is 35.5 Å². The summed E-state index contributed by atoms with van der Waals surface area (Å²) in [4.78, 5) is 2.43. The summed E-state index contributed by atoms with van der Waals surface area (Å²) in [5.41, 5.74) is 0.804. The maximum Gasteiger partial charge on any atom is 0.157 e. The molecule has 2 aliphatic heterocycles. The summed E-state index contributed by atoms with van der Waals surface area (Å²) in [7, 11) is 0. The van der Waals surface area contributed by atoms with Crippen LogP contribution < -0.4 is 0 Å². The second-order valence-electron chi connectivity index (χ2n) is 7.52. The summed E-state index contributed by atoms with van der Waals surface area (Å²) in [5.74, 6) is 8.15. The van der Waals surface area contributed by atoms with Gasteiger partial charge in [0, 0.05) is 6.42 Å². The molecule has 174 valence electrons. The van der Waals surface area contributed by atoms with Crippen molar-refractivity contribution in [1.82, 2.24) is 4.90 Å². The lowest BCUT2D eigenvalue weighted by Gasteiger charge is -2.20. The van der Waals surface area contributed by atoms with Gasteiger partial charge in [0.2, 0.25) is 0 Å². The molecule has 0 spiro atoms. The average Bonchev–Trinajstić information content (AvgIpc) is 2.80. The summed E-state index contributed by atoms with van der Waals surface area (Å²) in [5, 5.41) is 0. The highest BCUT2D eigenvalue weighted by Gasteiger charge is 2.13. The van der Waals surface area contributed by atoms with Crippen LogP contribution in [0.25, 0.3) is 0 Å². The fourth-order valence-corrected chi connectivity index (χ4v) is 3.11. The normalized spacial score (nSPS) is 21.1. The van der Waals surface area contributed by atoms with Crippen molar-refractivity contribution < 1.29 is 23.7 Å². The molecule has 0 saturated heterocycles. The van der Waals surface area contributed by atoms with Gasteiger partial charge in [-0.2, -0.15) is 0 Å². The van der Waals surface area contributed by atoms with Gasteiger partial charge in [0.25, 0.3) is 0 Å². The molecule has 6 nitrogen and oxygen atoms in total. The van der Waals surface area contributed by atoms with Crippen molar-refractivity contribution in [1.29, 1.82) is 0 Å². The van der Waals surface area contributed by atoms with Crippen molar-refractivity contribution in [2.75, 3.05) is 65.9 Å². The van der Waals surface area contributed by atoms with E-state index in [-0.39, 0.29) is 0 Å². The van der Waals surface area contributed by atoms with Crippen LogP contribution in [0.15, 0.2) is 35.5 Å². The molecular formula is C25H39NO5. The van der Waals surface area contributed by atoms with Gasteiger partial charge in [-0.3, -0.25) is 4.90 Å². The van der Waals surface area contributed by atoms with E-state index in [0.29, 0.717) is 52.7 Å². The first kappa shape index (κ1) is 25.3. The molecule has 0 aliphatic carbocycles. The third kappa shape index (κ3) is 11.3. The zero-order chi connectivity index (χ0) is 22.0. The molecule has 6 heteroatoms. The molecule has 0 unspecified atom stereocenters. The first-order chi connectivity index (χ1) is 15.3. The van der Waals surface area contributed by atoms with E-state index in [2.05, 4.69) is 30.6 Å². The number of hydrogen-bond acceptors (Lipinski definition) is 6. The molecule has 0 N–H and O–H groups in total. The van der Waals surface area contributed by atoms with Crippen molar-refractivity contribution in [3.63, 3.8) is 0 Å². The maximum absolute atomic E-state index is 5.81. The van der Waals surface area contributed by atoms with Gasteiger partial charge in [0.05, 0.1) is 44.8 Å². The van der Waals surface area contributed by atoms with Gasteiger partial charge in [-0.05, 0) is 38.1 Å². The van der Waals surface area contributed by atoms with Crippen LogP contribution in [0.1, 0.15) is 46.0 Å².